The normalized spacial score (nSPS) is 20.8. The average molecular weight is 405 g/mol. The summed E-state index contributed by atoms with van der Waals surface area (Å²) in [6, 6.07) is 12.3. The molecule has 2 saturated heterocycles. The number of carbonyl (C=O) groups is 1. The summed E-state index contributed by atoms with van der Waals surface area (Å²) in [4.78, 5) is 29.7. The quantitative estimate of drug-likeness (QED) is 0.669. The highest BCUT2D eigenvalue weighted by Gasteiger charge is 2.31. The molecule has 5 rings (SSSR count). The van der Waals surface area contributed by atoms with Crippen LogP contribution < -0.4 is 0 Å². The Morgan fingerprint density at radius 1 is 1.07 bits per heavy atom. The summed E-state index contributed by atoms with van der Waals surface area (Å²) in [5, 5.41) is 0. The number of likely N-dealkylation sites (N-methyl/N-ethyl adjacent to an activating group) is 1. The molecule has 3 aromatic rings. The van der Waals surface area contributed by atoms with Gasteiger partial charge in [-0.3, -0.25) is 19.1 Å². The molecule has 0 bridgehead atoms. The van der Waals surface area contributed by atoms with E-state index < -0.39 is 0 Å². The Bertz CT molecular complexity index is 1020. The molecule has 156 valence electrons. The molecule has 1 atom stereocenters. The van der Waals surface area contributed by atoms with Gasteiger partial charge < -0.3 is 9.80 Å². The van der Waals surface area contributed by atoms with Crippen LogP contribution in [0.25, 0.3) is 5.65 Å². The molecule has 2 aliphatic heterocycles. The van der Waals surface area contributed by atoms with Crippen molar-refractivity contribution in [3.8, 4) is 0 Å². The number of hydrogen-bond acceptors (Lipinski definition) is 5. The molecule has 7 heteroatoms. The lowest BCUT2D eigenvalue weighted by atomic mass is 10.1. The fraction of sp³-hybridized carbons (Fsp3) is 0.435. The molecule has 0 saturated carbocycles. The number of amides is 1. The molecule has 0 spiro atoms. The molecule has 0 radical (unpaired) electrons. The van der Waals surface area contributed by atoms with Crippen LogP contribution in [-0.2, 0) is 6.54 Å². The number of hydrogen-bond donors (Lipinski definition) is 0. The first-order chi connectivity index (χ1) is 14.7. The summed E-state index contributed by atoms with van der Waals surface area (Å²) < 4.78 is 1.96. The number of carbonyl (C=O) groups excluding carboxylic acids is 1. The monoisotopic (exact) mass is 404 g/mol. The second-order valence-electron chi connectivity index (χ2n) is 8.31. The van der Waals surface area contributed by atoms with Crippen molar-refractivity contribution in [2.45, 2.75) is 25.4 Å². The lowest BCUT2D eigenvalue weighted by molar-refractivity contribution is 0.0654. The van der Waals surface area contributed by atoms with Crippen molar-refractivity contribution < 1.29 is 4.79 Å². The van der Waals surface area contributed by atoms with Gasteiger partial charge in [-0.15, -0.1) is 0 Å². The van der Waals surface area contributed by atoms with Crippen LogP contribution in [0.4, 0.5) is 0 Å². The molecular formula is C23H28N6O. The third-order valence-electron chi connectivity index (χ3n) is 6.34. The van der Waals surface area contributed by atoms with Crippen molar-refractivity contribution in [3.05, 3.63) is 65.9 Å². The van der Waals surface area contributed by atoms with Gasteiger partial charge in [-0.2, -0.15) is 0 Å². The van der Waals surface area contributed by atoms with Crippen LogP contribution in [0.3, 0.4) is 0 Å². The van der Waals surface area contributed by atoms with Gasteiger partial charge in [0.2, 0.25) is 0 Å². The summed E-state index contributed by atoms with van der Waals surface area (Å²) in [5.41, 5.74) is 3.51. The molecule has 2 aliphatic rings. The number of nitrogens with zero attached hydrogens (tertiary/aromatic N) is 6. The first kappa shape index (κ1) is 19.2. The smallest absolute Gasteiger partial charge is 0.272 e. The highest BCUT2D eigenvalue weighted by molar-refractivity contribution is 5.94. The standard InChI is InChI=1S/C23H28N6O/c1-26-13-15-27(16-14-26)23(30)22-19(25-21-9-3-5-12-29(21)22)17-28-11-6-8-20(28)18-7-2-4-10-24-18/h2-5,7,9-10,12,20H,6,8,11,13-17H2,1H3. The number of imidazole rings is 1. The fourth-order valence-electron chi connectivity index (χ4n) is 4.66. The topological polar surface area (TPSA) is 57.0 Å². The molecule has 7 nitrogen and oxygen atoms in total. The molecule has 0 N–H and O–H groups in total. The zero-order chi connectivity index (χ0) is 20.5. The maximum absolute atomic E-state index is 13.5. The number of pyridine rings is 2. The Balaban J connectivity index is 1.47. The molecule has 0 aromatic carbocycles. The van der Waals surface area contributed by atoms with Crippen LogP contribution in [-0.4, -0.2) is 74.7 Å². The van der Waals surface area contributed by atoms with Crippen LogP contribution >= 0.6 is 0 Å². The van der Waals surface area contributed by atoms with Crippen LogP contribution in [0.2, 0.25) is 0 Å². The summed E-state index contributed by atoms with van der Waals surface area (Å²) in [7, 11) is 2.10. The van der Waals surface area contributed by atoms with Gasteiger partial charge >= 0.3 is 0 Å². The highest BCUT2D eigenvalue weighted by atomic mass is 16.2. The number of aromatic nitrogens is 3. The Morgan fingerprint density at radius 2 is 1.90 bits per heavy atom. The van der Waals surface area contributed by atoms with Gasteiger partial charge in [0.05, 0.1) is 17.4 Å². The minimum atomic E-state index is 0.0883. The van der Waals surface area contributed by atoms with E-state index >= 15 is 0 Å². The Kier molecular flexibility index (Phi) is 5.23. The van der Waals surface area contributed by atoms with E-state index in [1.807, 2.05) is 52.0 Å². The van der Waals surface area contributed by atoms with E-state index in [1.54, 1.807) is 0 Å². The van der Waals surface area contributed by atoms with E-state index in [1.165, 1.54) is 0 Å². The van der Waals surface area contributed by atoms with E-state index in [9.17, 15) is 4.79 Å². The van der Waals surface area contributed by atoms with Gasteiger partial charge in [-0.1, -0.05) is 12.1 Å². The predicted molar refractivity (Wildman–Crippen MR) is 115 cm³/mol. The highest BCUT2D eigenvalue weighted by Crippen LogP contribution is 2.32. The van der Waals surface area contributed by atoms with Gasteiger partial charge in [-0.05, 0) is 50.7 Å². The van der Waals surface area contributed by atoms with E-state index in [0.29, 0.717) is 12.2 Å². The number of fused-ring (bicyclic) bond motifs is 1. The largest absolute Gasteiger partial charge is 0.335 e. The average Bonchev–Trinajstić information content (AvgIpc) is 3.39. The minimum Gasteiger partial charge on any atom is -0.335 e. The lowest BCUT2D eigenvalue weighted by Crippen LogP contribution is -2.47. The van der Waals surface area contributed by atoms with E-state index in [4.69, 9.17) is 4.98 Å². The number of likely N-dealkylation sites (tertiary alicyclic amines) is 1. The van der Waals surface area contributed by atoms with Crippen molar-refractivity contribution in [2.24, 2.45) is 0 Å². The maximum Gasteiger partial charge on any atom is 0.272 e. The molecule has 1 unspecified atom stereocenters. The van der Waals surface area contributed by atoms with Crippen molar-refractivity contribution in [1.82, 2.24) is 29.1 Å². The number of piperazine rings is 1. The SMILES string of the molecule is CN1CCN(C(=O)c2c(CN3CCCC3c3ccccn3)nc3ccccn23)CC1. The van der Waals surface area contributed by atoms with Crippen molar-refractivity contribution in [3.63, 3.8) is 0 Å². The van der Waals surface area contributed by atoms with Crippen LogP contribution in [0.5, 0.6) is 0 Å². The van der Waals surface area contributed by atoms with Crippen molar-refractivity contribution in [2.75, 3.05) is 39.8 Å². The van der Waals surface area contributed by atoms with Crippen LogP contribution in [0.1, 0.15) is 40.8 Å². The summed E-state index contributed by atoms with van der Waals surface area (Å²) in [5.74, 6) is 0.0883. The summed E-state index contributed by atoms with van der Waals surface area (Å²) in [6.45, 7) is 5.00. The Morgan fingerprint density at radius 3 is 2.70 bits per heavy atom. The Hall–Kier alpha value is -2.77. The van der Waals surface area contributed by atoms with Crippen molar-refractivity contribution in [1.29, 1.82) is 0 Å². The van der Waals surface area contributed by atoms with Gasteiger partial charge in [0, 0.05) is 45.1 Å². The predicted octanol–water partition coefficient (Wildman–Crippen LogP) is 2.45. The van der Waals surface area contributed by atoms with Crippen LogP contribution in [0, 0.1) is 0 Å². The first-order valence-electron chi connectivity index (χ1n) is 10.8. The molecule has 3 aromatic heterocycles. The van der Waals surface area contributed by atoms with E-state index in [-0.39, 0.29) is 11.9 Å². The second-order valence-corrected chi connectivity index (χ2v) is 8.31. The fourth-order valence-corrected chi connectivity index (χ4v) is 4.66. The lowest BCUT2D eigenvalue weighted by Gasteiger charge is -2.32. The number of rotatable bonds is 4. The van der Waals surface area contributed by atoms with Gasteiger partial charge in [0.25, 0.3) is 5.91 Å². The maximum atomic E-state index is 13.5. The second kappa shape index (κ2) is 8.16. The van der Waals surface area contributed by atoms with Gasteiger partial charge in [0.15, 0.2) is 0 Å². The third-order valence-corrected chi connectivity index (χ3v) is 6.34. The molecule has 0 aliphatic carbocycles. The first-order valence-corrected chi connectivity index (χ1v) is 10.8. The summed E-state index contributed by atoms with van der Waals surface area (Å²) >= 11 is 0. The Labute approximate surface area is 176 Å². The van der Waals surface area contributed by atoms with Crippen molar-refractivity contribution >= 4 is 11.6 Å². The van der Waals surface area contributed by atoms with Gasteiger partial charge in [-0.25, -0.2) is 4.98 Å². The van der Waals surface area contributed by atoms with Gasteiger partial charge in [0.1, 0.15) is 11.3 Å². The molecule has 30 heavy (non-hydrogen) atoms. The minimum absolute atomic E-state index is 0.0883. The third kappa shape index (κ3) is 3.59. The molecule has 1 amide bonds. The molecule has 2 fully saturated rings. The summed E-state index contributed by atoms with van der Waals surface area (Å²) in [6.07, 6.45) is 6.04. The zero-order valence-electron chi connectivity index (χ0n) is 17.4. The van der Waals surface area contributed by atoms with E-state index in [2.05, 4.69) is 27.9 Å². The van der Waals surface area contributed by atoms with E-state index in [0.717, 1.165) is 62.6 Å². The zero-order valence-corrected chi connectivity index (χ0v) is 17.4. The molecule has 5 heterocycles. The molecular weight excluding hydrogens is 376 g/mol. The van der Waals surface area contributed by atoms with Crippen LogP contribution in [0.15, 0.2) is 48.8 Å².